The first-order valence-electron chi connectivity index (χ1n) is 7.91. The van der Waals surface area contributed by atoms with Crippen molar-refractivity contribution in [3.63, 3.8) is 0 Å². The second kappa shape index (κ2) is 7.79. The molecule has 23 heavy (non-hydrogen) atoms. The summed E-state index contributed by atoms with van der Waals surface area (Å²) in [6.07, 6.45) is 0.859. The summed E-state index contributed by atoms with van der Waals surface area (Å²) in [4.78, 5) is 28.3. The number of amides is 2. The second-order valence-electron chi connectivity index (χ2n) is 5.77. The van der Waals surface area contributed by atoms with E-state index in [-0.39, 0.29) is 36.9 Å². The lowest BCUT2D eigenvalue weighted by molar-refractivity contribution is -0.147. The predicted molar refractivity (Wildman–Crippen MR) is 89.0 cm³/mol. The van der Waals surface area contributed by atoms with Crippen molar-refractivity contribution < 1.29 is 14.7 Å². The Kier molecular flexibility index (Phi) is 6.02. The van der Waals surface area contributed by atoms with Crippen LogP contribution >= 0.6 is 11.6 Å². The zero-order chi connectivity index (χ0) is 17.0. The number of hydrogen-bond acceptors (Lipinski definition) is 3. The van der Waals surface area contributed by atoms with Gasteiger partial charge >= 0.3 is 0 Å². The van der Waals surface area contributed by atoms with Crippen LogP contribution < -0.4 is 0 Å². The van der Waals surface area contributed by atoms with E-state index < -0.39 is 0 Å². The monoisotopic (exact) mass is 338 g/mol. The number of hydrogen-bond donors (Lipinski definition) is 1. The summed E-state index contributed by atoms with van der Waals surface area (Å²) in [5, 5.41) is 9.63. The third kappa shape index (κ3) is 3.67. The van der Waals surface area contributed by atoms with Crippen molar-refractivity contribution in [1.82, 2.24) is 9.80 Å². The Morgan fingerprint density at radius 3 is 2.74 bits per heavy atom. The van der Waals surface area contributed by atoms with Crippen LogP contribution in [0.25, 0.3) is 0 Å². The molecule has 6 heteroatoms. The van der Waals surface area contributed by atoms with Crippen molar-refractivity contribution in [3.05, 3.63) is 34.9 Å². The molecule has 2 atom stereocenters. The summed E-state index contributed by atoms with van der Waals surface area (Å²) < 4.78 is 0. The van der Waals surface area contributed by atoms with Crippen LogP contribution in [0.2, 0.25) is 5.02 Å². The highest BCUT2D eigenvalue weighted by atomic mass is 35.5. The van der Waals surface area contributed by atoms with Crippen molar-refractivity contribution >= 4 is 23.4 Å². The third-order valence-corrected chi connectivity index (χ3v) is 4.74. The van der Waals surface area contributed by atoms with E-state index in [4.69, 9.17) is 16.7 Å². The minimum Gasteiger partial charge on any atom is -0.395 e. The largest absolute Gasteiger partial charge is 0.395 e. The molecular weight excluding hydrogens is 316 g/mol. The molecule has 0 saturated carbocycles. The lowest BCUT2D eigenvalue weighted by Gasteiger charge is -2.41. The second-order valence-corrected chi connectivity index (χ2v) is 6.18. The molecule has 5 nitrogen and oxygen atoms in total. The molecule has 1 heterocycles. The highest BCUT2D eigenvalue weighted by Crippen LogP contribution is 2.40. The van der Waals surface area contributed by atoms with E-state index in [9.17, 15) is 9.59 Å². The molecule has 1 saturated heterocycles. The summed E-state index contributed by atoms with van der Waals surface area (Å²) in [6.45, 7) is 2.64. The minimum atomic E-state index is -0.358. The maximum atomic E-state index is 12.8. The highest BCUT2D eigenvalue weighted by molar-refractivity contribution is 6.31. The molecule has 0 aromatic heterocycles. The van der Waals surface area contributed by atoms with Crippen LogP contribution in [0.4, 0.5) is 0 Å². The Balaban J connectivity index is 2.41. The Bertz CT molecular complexity index is 579. The maximum Gasteiger partial charge on any atom is 0.227 e. The molecule has 1 aromatic carbocycles. The molecule has 2 amide bonds. The fourth-order valence-corrected chi connectivity index (χ4v) is 3.47. The van der Waals surface area contributed by atoms with Gasteiger partial charge in [-0.15, -0.1) is 0 Å². The minimum absolute atomic E-state index is 0.0475. The average molecular weight is 339 g/mol. The van der Waals surface area contributed by atoms with E-state index in [1.807, 2.05) is 25.1 Å². The Hall–Kier alpha value is -1.59. The normalized spacial score (nSPS) is 21.4. The SMILES string of the molecule is CCN1C(=O)CC[C@@H](C(=O)N(C)CCO)[C@@H]1c1ccccc1Cl. The summed E-state index contributed by atoms with van der Waals surface area (Å²) in [5.74, 6) is -0.356. The standard InChI is InChI=1S/C17H23ClN2O3/c1-3-20-15(22)9-8-13(17(23)19(2)10-11-21)16(20)12-6-4-5-7-14(12)18/h4-7,13,16,21H,3,8-11H2,1-2H3/t13-,16+/m1/s1. The number of nitrogens with zero attached hydrogens (tertiary/aromatic N) is 2. The Morgan fingerprint density at radius 2 is 2.13 bits per heavy atom. The van der Waals surface area contributed by atoms with Crippen LogP contribution in [-0.4, -0.2) is 53.5 Å². The molecule has 1 N–H and O–H groups in total. The van der Waals surface area contributed by atoms with Crippen molar-refractivity contribution in [2.45, 2.75) is 25.8 Å². The summed E-state index contributed by atoms with van der Waals surface area (Å²) in [6, 6.07) is 7.00. The van der Waals surface area contributed by atoms with Crippen LogP contribution in [0.1, 0.15) is 31.4 Å². The number of aliphatic hydroxyl groups is 1. The fourth-order valence-electron chi connectivity index (χ4n) is 3.23. The lowest BCUT2D eigenvalue weighted by Crippen LogP contribution is -2.48. The number of piperidine rings is 1. The molecule has 1 aromatic rings. The van der Waals surface area contributed by atoms with E-state index in [0.29, 0.717) is 24.4 Å². The zero-order valence-electron chi connectivity index (χ0n) is 13.5. The summed E-state index contributed by atoms with van der Waals surface area (Å²) >= 11 is 6.34. The van der Waals surface area contributed by atoms with Gasteiger partial charge in [0.1, 0.15) is 0 Å². The summed E-state index contributed by atoms with van der Waals surface area (Å²) in [5.41, 5.74) is 0.805. The van der Waals surface area contributed by atoms with Gasteiger partial charge in [0, 0.05) is 31.6 Å². The van der Waals surface area contributed by atoms with Crippen LogP contribution in [0.5, 0.6) is 0 Å². The van der Waals surface area contributed by atoms with Gasteiger partial charge in [-0.3, -0.25) is 9.59 Å². The Morgan fingerprint density at radius 1 is 1.43 bits per heavy atom. The number of carbonyl (C=O) groups is 2. The molecule has 2 rings (SSSR count). The predicted octanol–water partition coefficient (Wildman–Crippen LogP) is 2.09. The molecule has 1 aliphatic rings. The summed E-state index contributed by atoms with van der Waals surface area (Å²) in [7, 11) is 1.68. The Labute approximate surface area is 141 Å². The van der Waals surface area contributed by atoms with Gasteiger partial charge in [0.05, 0.1) is 18.6 Å². The van der Waals surface area contributed by atoms with Crippen LogP contribution in [0.15, 0.2) is 24.3 Å². The third-order valence-electron chi connectivity index (χ3n) is 4.40. The molecule has 0 radical (unpaired) electrons. The number of benzene rings is 1. The average Bonchev–Trinajstić information content (AvgIpc) is 2.54. The van der Waals surface area contributed by atoms with Crippen molar-refractivity contribution in [2.75, 3.05) is 26.7 Å². The van der Waals surface area contributed by atoms with E-state index in [1.54, 1.807) is 18.0 Å². The van der Waals surface area contributed by atoms with Gasteiger partial charge in [-0.1, -0.05) is 29.8 Å². The van der Waals surface area contributed by atoms with Crippen molar-refractivity contribution in [3.8, 4) is 0 Å². The molecular formula is C17H23ClN2O3. The smallest absolute Gasteiger partial charge is 0.227 e. The molecule has 0 spiro atoms. The van der Waals surface area contributed by atoms with Gasteiger partial charge < -0.3 is 14.9 Å². The van der Waals surface area contributed by atoms with Gasteiger partial charge in [0.15, 0.2) is 0 Å². The number of likely N-dealkylation sites (tertiary alicyclic amines) is 1. The molecule has 1 fully saturated rings. The topological polar surface area (TPSA) is 60.9 Å². The first-order valence-corrected chi connectivity index (χ1v) is 8.28. The van der Waals surface area contributed by atoms with Crippen molar-refractivity contribution in [2.24, 2.45) is 5.92 Å². The lowest BCUT2D eigenvalue weighted by atomic mass is 9.83. The van der Waals surface area contributed by atoms with Crippen LogP contribution in [0, 0.1) is 5.92 Å². The molecule has 126 valence electrons. The fraction of sp³-hybridized carbons (Fsp3) is 0.529. The first kappa shape index (κ1) is 17.8. The zero-order valence-corrected chi connectivity index (χ0v) is 14.3. The highest BCUT2D eigenvalue weighted by Gasteiger charge is 2.41. The number of halogens is 1. The number of aliphatic hydroxyl groups excluding tert-OH is 1. The molecule has 0 bridgehead atoms. The van der Waals surface area contributed by atoms with Crippen LogP contribution in [0.3, 0.4) is 0 Å². The number of rotatable bonds is 5. The van der Waals surface area contributed by atoms with Gasteiger partial charge in [-0.2, -0.15) is 0 Å². The maximum absolute atomic E-state index is 12.8. The molecule has 0 aliphatic carbocycles. The number of likely N-dealkylation sites (N-methyl/N-ethyl adjacent to an activating group) is 1. The van der Waals surface area contributed by atoms with E-state index in [0.717, 1.165) is 5.56 Å². The van der Waals surface area contributed by atoms with Gasteiger partial charge in [-0.25, -0.2) is 0 Å². The van der Waals surface area contributed by atoms with Crippen molar-refractivity contribution in [1.29, 1.82) is 0 Å². The van der Waals surface area contributed by atoms with E-state index >= 15 is 0 Å². The van der Waals surface area contributed by atoms with E-state index in [2.05, 4.69) is 0 Å². The van der Waals surface area contributed by atoms with Gasteiger partial charge in [0.25, 0.3) is 0 Å². The van der Waals surface area contributed by atoms with E-state index in [1.165, 1.54) is 4.90 Å². The molecule has 1 aliphatic heterocycles. The molecule has 0 unspecified atom stereocenters. The van der Waals surface area contributed by atoms with Gasteiger partial charge in [-0.05, 0) is 25.0 Å². The quantitative estimate of drug-likeness (QED) is 0.894. The van der Waals surface area contributed by atoms with Gasteiger partial charge in [0.2, 0.25) is 11.8 Å². The van der Waals surface area contributed by atoms with Crippen LogP contribution in [-0.2, 0) is 9.59 Å². The first-order chi connectivity index (χ1) is 11.0. The number of carbonyl (C=O) groups excluding carboxylic acids is 2.